The van der Waals surface area contributed by atoms with E-state index in [-0.39, 0.29) is 0 Å². The van der Waals surface area contributed by atoms with Gasteiger partial charge < -0.3 is 10.7 Å². The van der Waals surface area contributed by atoms with Gasteiger partial charge in [0.1, 0.15) is 5.52 Å². The normalized spacial score (nSPS) is 10.6. The van der Waals surface area contributed by atoms with E-state index in [2.05, 4.69) is 15.0 Å². The van der Waals surface area contributed by atoms with Crippen LogP contribution in [-0.4, -0.2) is 15.0 Å². The van der Waals surface area contributed by atoms with Gasteiger partial charge in [-0.25, -0.2) is 4.98 Å². The van der Waals surface area contributed by atoms with Crippen LogP contribution in [0.1, 0.15) is 0 Å². The first-order chi connectivity index (χ1) is 5.27. The molecule has 0 saturated carbocycles. The number of hydrogen-bond acceptors (Lipinski definition) is 3. The van der Waals surface area contributed by atoms with Gasteiger partial charge in [0.25, 0.3) is 0 Å². The lowest BCUT2D eigenvalue weighted by molar-refractivity contribution is 1.30. The molecule has 0 amide bonds. The molecule has 0 atom stereocenters. The number of fused-ring (bicyclic) bond motifs is 1. The van der Waals surface area contributed by atoms with Gasteiger partial charge in [-0.15, -0.1) is 0 Å². The predicted octanol–water partition coefficient (Wildman–Crippen LogP) is 1.19. The highest BCUT2D eigenvalue weighted by molar-refractivity contribution is 6.29. The molecule has 11 heavy (non-hydrogen) atoms. The number of nitrogens with two attached hydrogens (primary N) is 1. The first-order valence-corrected chi connectivity index (χ1v) is 3.41. The fraction of sp³-hybridized carbons (Fsp3) is 0. The van der Waals surface area contributed by atoms with Gasteiger partial charge >= 0.3 is 0 Å². The average molecular weight is 169 g/mol. The zero-order chi connectivity index (χ0) is 7.84. The van der Waals surface area contributed by atoms with Crippen molar-refractivity contribution in [1.82, 2.24) is 15.0 Å². The fourth-order valence-corrected chi connectivity index (χ4v) is 1.08. The highest BCUT2D eigenvalue weighted by atomic mass is 35.5. The Labute approximate surface area is 67.4 Å². The molecule has 2 aromatic rings. The zero-order valence-corrected chi connectivity index (χ0v) is 6.26. The van der Waals surface area contributed by atoms with Crippen LogP contribution >= 0.6 is 11.6 Å². The maximum atomic E-state index is 5.60. The molecule has 0 spiro atoms. The summed E-state index contributed by atoms with van der Waals surface area (Å²) in [7, 11) is 0. The summed E-state index contributed by atoms with van der Waals surface area (Å²) in [6.07, 6.45) is 1.59. The number of aromatic amines is 1. The van der Waals surface area contributed by atoms with Gasteiger partial charge in [-0.3, -0.25) is 0 Å². The summed E-state index contributed by atoms with van der Waals surface area (Å²) in [6.45, 7) is 0. The van der Waals surface area contributed by atoms with Crippen LogP contribution in [-0.2, 0) is 0 Å². The Morgan fingerprint density at radius 1 is 1.55 bits per heavy atom. The van der Waals surface area contributed by atoms with Crippen LogP contribution in [0.25, 0.3) is 11.2 Å². The van der Waals surface area contributed by atoms with Crippen molar-refractivity contribution in [2.75, 3.05) is 5.73 Å². The maximum absolute atomic E-state index is 5.60. The molecule has 0 aliphatic carbocycles. The number of imidazole rings is 1. The second kappa shape index (κ2) is 2.10. The van der Waals surface area contributed by atoms with Crippen LogP contribution < -0.4 is 5.73 Å². The van der Waals surface area contributed by atoms with E-state index >= 15 is 0 Å². The number of nitrogens with zero attached hydrogens (tertiary/aromatic N) is 2. The van der Waals surface area contributed by atoms with Crippen LogP contribution in [0.4, 0.5) is 5.69 Å². The van der Waals surface area contributed by atoms with Crippen molar-refractivity contribution in [3.8, 4) is 0 Å². The molecule has 56 valence electrons. The summed E-state index contributed by atoms with van der Waals surface area (Å²) in [5.74, 6) is 0. The number of H-pyrrole nitrogens is 1. The maximum Gasteiger partial charge on any atom is 0.202 e. The molecule has 0 saturated heterocycles. The van der Waals surface area contributed by atoms with Gasteiger partial charge in [0, 0.05) is 6.20 Å². The largest absolute Gasteiger partial charge is 0.397 e. The SMILES string of the molecule is Nc1ccnc2nc(Cl)[nH]c12. The Balaban J connectivity index is 2.90. The summed E-state index contributed by atoms with van der Waals surface area (Å²) in [5.41, 5.74) is 7.45. The van der Waals surface area contributed by atoms with Gasteiger partial charge in [-0.1, -0.05) is 0 Å². The second-order valence-electron chi connectivity index (χ2n) is 2.13. The first kappa shape index (κ1) is 6.42. The molecule has 5 heteroatoms. The van der Waals surface area contributed by atoms with Gasteiger partial charge in [-0.05, 0) is 17.7 Å². The molecule has 0 aliphatic heterocycles. The summed E-state index contributed by atoms with van der Waals surface area (Å²) in [5, 5.41) is 0.311. The van der Waals surface area contributed by atoms with Crippen LogP contribution in [0.15, 0.2) is 12.3 Å². The number of rotatable bonds is 0. The third kappa shape index (κ3) is 0.914. The Morgan fingerprint density at radius 2 is 2.36 bits per heavy atom. The van der Waals surface area contributed by atoms with Crippen molar-refractivity contribution in [3.05, 3.63) is 17.5 Å². The summed E-state index contributed by atoms with van der Waals surface area (Å²) >= 11 is 5.59. The molecule has 0 fully saturated rings. The molecular weight excluding hydrogens is 164 g/mol. The van der Waals surface area contributed by atoms with E-state index in [4.69, 9.17) is 17.3 Å². The van der Waals surface area contributed by atoms with Crippen LogP contribution in [0.2, 0.25) is 5.28 Å². The monoisotopic (exact) mass is 168 g/mol. The van der Waals surface area contributed by atoms with Crippen molar-refractivity contribution in [2.45, 2.75) is 0 Å². The van der Waals surface area contributed by atoms with Crippen molar-refractivity contribution >= 4 is 28.5 Å². The van der Waals surface area contributed by atoms with Gasteiger partial charge in [0.05, 0.1) is 5.69 Å². The highest BCUT2D eigenvalue weighted by Gasteiger charge is 2.02. The molecule has 2 rings (SSSR count). The van der Waals surface area contributed by atoms with E-state index in [0.29, 0.717) is 22.1 Å². The van der Waals surface area contributed by atoms with E-state index < -0.39 is 0 Å². The lowest BCUT2D eigenvalue weighted by Crippen LogP contribution is -1.86. The average Bonchev–Trinajstić information content (AvgIpc) is 2.31. The fourth-order valence-electron chi connectivity index (χ4n) is 0.902. The summed E-state index contributed by atoms with van der Waals surface area (Å²) in [6, 6.07) is 1.69. The van der Waals surface area contributed by atoms with E-state index in [1.807, 2.05) is 0 Å². The number of anilines is 1. The number of pyridine rings is 1. The standard InChI is InChI=1S/C6H5ClN4/c7-6-10-4-3(8)1-2-9-5(4)11-6/h1-2H,(H3,8,9,10,11). The van der Waals surface area contributed by atoms with Crippen molar-refractivity contribution in [3.63, 3.8) is 0 Å². The molecule has 0 radical (unpaired) electrons. The first-order valence-electron chi connectivity index (χ1n) is 3.03. The van der Waals surface area contributed by atoms with Crippen LogP contribution in [0, 0.1) is 0 Å². The molecule has 4 nitrogen and oxygen atoms in total. The Hall–Kier alpha value is -1.29. The van der Waals surface area contributed by atoms with Gasteiger partial charge in [0.2, 0.25) is 5.28 Å². The number of halogens is 1. The van der Waals surface area contributed by atoms with Crippen molar-refractivity contribution < 1.29 is 0 Å². The van der Waals surface area contributed by atoms with Crippen LogP contribution in [0.5, 0.6) is 0 Å². The van der Waals surface area contributed by atoms with Crippen LogP contribution in [0.3, 0.4) is 0 Å². The predicted molar refractivity (Wildman–Crippen MR) is 43.3 cm³/mol. The number of hydrogen-bond donors (Lipinski definition) is 2. The quantitative estimate of drug-likeness (QED) is 0.621. The lowest BCUT2D eigenvalue weighted by Gasteiger charge is -1.90. The van der Waals surface area contributed by atoms with Crippen molar-refractivity contribution in [1.29, 1.82) is 0 Å². The Morgan fingerprint density at radius 3 is 3.09 bits per heavy atom. The minimum Gasteiger partial charge on any atom is -0.397 e. The number of nitrogen functional groups attached to an aromatic ring is 1. The third-order valence-corrected chi connectivity index (χ3v) is 1.57. The third-order valence-electron chi connectivity index (χ3n) is 1.40. The Kier molecular flexibility index (Phi) is 1.22. The molecule has 0 bridgehead atoms. The van der Waals surface area contributed by atoms with E-state index in [0.717, 1.165) is 0 Å². The number of nitrogens with one attached hydrogen (secondary N) is 1. The topological polar surface area (TPSA) is 67.6 Å². The lowest BCUT2D eigenvalue weighted by atomic mass is 10.4. The molecule has 2 aromatic heterocycles. The molecular formula is C6H5ClN4. The molecule has 0 aromatic carbocycles. The highest BCUT2D eigenvalue weighted by Crippen LogP contribution is 2.17. The number of aromatic nitrogens is 3. The molecule has 3 N–H and O–H groups in total. The van der Waals surface area contributed by atoms with Gasteiger partial charge in [0.15, 0.2) is 5.65 Å². The summed E-state index contributed by atoms with van der Waals surface area (Å²) < 4.78 is 0. The smallest absolute Gasteiger partial charge is 0.202 e. The minimum atomic E-state index is 0.311. The minimum absolute atomic E-state index is 0.311. The second-order valence-corrected chi connectivity index (χ2v) is 2.48. The molecule has 2 heterocycles. The van der Waals surface area contributed by atoms with E-state index in [1.165, 1.54) is 0 Å². The molecule has 0 aliphatic rings. The van der Waals surface area contributed by atoms with E-state index in [1.54, 1.807) is 12.3 Å². The zero-order valence-electron chi connectivity index (χ0n) is 5.50. The van der Waals surface area contributed by atoms with E-state index in [9.17, 15) is 0 Å². The van der Waals surface area contributed by atoms with Crippen molar-refractivity contribution in [2.24, 2.45) is 0 Å². The molecule has 0 unspecified atom stereocenters. The Bertz CT molecular complexity index is 394. The van der Waals surface area contributed by atoms with Gasteiger partial charge in [-0.2, -0.15) is 4.98 Å². The summed E-state index contributed by atoms with van der Waals surface area (Å²) in [4.78, 5) is 10.6.